The van der Waals surface area contributed by atoms with Gasteiger partial charge in [0, 0.05) is 19.2 Å². The summed E-state index contributed by atoms with van der Waals surface area (Å²) in [5.74, 6) is -0.121. The zero-order chi connectivity index (χ0) is 12.0. The molecule has 0 saturated heterocycles. The Hall–Kier alpha value is -0.610. The molecule has 16 heavy (non-hydrogen) atoms. The molecule has 0 aromatic heterocycles. The van der Waals surface area contributed by atoms with Crippen LogP contribution in [0.5, 0.6) is 0 Å². The molecule has 0 aliphatic heterocycles. The van der Waals surface area contributed by atoms with E-state index < -0.39 is 0 Å². The van der Waals surface area contributed by atoms with Crippen LogP contribution in [0.1, 0.15) is 39.5 Å². The van der Waals surface area contributed by atoms with Crippen LogP contribution >= 0.6 is 0 Å². The fourth-order valence-corrected chi connectivity index (χ4v) is 2.24. The van der Waals surface area contributed by atoms with E-state index in [1.807, 2.05) is 13.8 Å². The molecule has 0 radical (unpaired) electrons. The lowest BCUT2D eigenvalue weighted by Crippen LogP contribution is -2.37. The molecule has 0 aromatic rings. The summed E-state index contributed by atoms with van der Waals surface area (Å²) in [7, 11) is 1.76. The molecule has 4 nitrogen and oxygen atoms in total. The first-order valence-corrected chi connectivity index (χ1v) is 6.10. The molecular weight excluding hydrogens is 206 g/mol. The van der Waals surface area contributed by atoms with Crippen molar-refractivity contribution in [2.24, 2.45) is 0 Å². The molecule has 1 aliphatic rings. The molecule has 0 spiro atoms. The Morgan fingerprint density at radius 3 is 2.81 bits per heavy atom. The minimum absolute atomic E-state index is 0.121. The van der Waals surface area contributed by atoms with Crippen molar-refractivity contribution in [1.82, 2.24) is 5.32 Å². The quantitative estimate of drug-likeness (QED) is 0.701. The highest BCUT2D eigenvalue weighted by Gasteiger charge is 2.25. The molecule has 0 amide bonds. The predicted octanol–water partition coefficient (Wildman–Crippen LogP) is 1.49. The Morgan fingerprint density at radius 1 is 1.50 bits per heavy atom. The summed E-state index contributed by atoms with van der Waals surface area (Å²) in [6, 6.07) is 0.661. The Kier molecular flexibility index (Phi) is 5.77. The van der Waals surface area contributed by atoms with E-state index in [0.717, 1.165) is 19.3 Å². The number of hydrogen-bond donors (Lipinski definition) is 1. The molecule has 0 aromatic carbocycles. The molecule has 1 rings (SSSR count). The highest BCUT2D eigenvalue weighted by Crippen LogP contribution is 2.21. The smallest absolute Gasteiger partial charge is 0.307 e. The van der Waals surface area contributed by atoms with Crippen LogP contribution in [0.4, 0.5) is 0 Å². The number of nitrogens with one attached hydrogen (secondary N) is 1. The molecule has 1 fully saturated rings. The van der Waals surface area contributed by atoms with E-state index in [0.29, 0.717) is 25.2 Å². The second kappa shape index (κ2) is 6.86. The van der Waals surface area contributed by atoms with Gasteiger partial charge >= 0.3 is 5.97 Å². The zero-order valence-electron chi connectivity index (χ0n) is 10.5. The minimum atomic E-state index is -0.121. The van der Waals surface area contributed by atoms with Crippen LogP contribution in [0.15, 0.2) is 0 Å². The van der Waals surface area contributed by atoms with Crippen molar-refractivity contribution in [3.8, 4) is 0 Å². The number of esters is 1. The second-order valence-corrected chi connectivity index (χ2v) is 4.44. The average Bonchev–Trinajstić information content (AvgIpc) is 2.65. The average molecular weight is 229 g/mol. The van der Waals surface area contributed by atoms with Gasteiger partial charge in [-0.3, -0.25) is 4.79 Å². The lowest BCUT2D eigenvalue weighted by Gasteiger charge is -2.18. The van der Waals surface area contributed by atoms with E-state index >= 15 is 0 Å². The maximum absolute atomic E-state index is 11.3. The highest BCUT2D eigenvalue weighted by atomic mass is 16.5. The summed E-state index contributed by atoms with van der Waals surface area (Å²) in [6.45, 7) is 4.31. The number of ether oxygens (including phenoxy) is 2. The van der Waals surface area contributed by atoms with E-state index in [1.54, 1.807) is 7.11 Å². The molecular formula is C12H23NO3. The summed E-state index contributed by atoms with van der Waals surface area (Å²) in [5, 5.41) is 3.45. The SMILES string of the molecule is CCOC(=O)CC(C)NC1CCC(OC)C1. The molecule has 0 heterocycles. The topological polar surface area (TPSA) is 47.6 Å². The number of methoxy groups -OCH3 is 1. The van der Waals surface area contributed by atoms with Crippen molar-refractivity contribution >= 4 is 5.97 Å². The Bertz CT molecular complexity index is 220. The van der Waals surface area contributed by atoms with Crippen molar-refractivity contribution in [3.05, 3.63) is 0 Å². The van der Waals surface area contributed by atoms with E-state index in [9.17, 15) is 4.79 Å². The molecule has 94 valence electrons. The van der Waals surface area contributed by atoms with Crippen molar-refractivity contribution in [2.45, 2.75) is 57.7 Å². The van der Waals surface area contributed by atoms with Gasteiger partial charge < -0.3 is 14.8 Å². The first-order chi connectivity index (χ1) is 7.65. The van der Waals surface area contributed by atoms with Gasteiger partial charge in [-0.25, -0.2) is 0 Å². The van der Waals surface area contributed by atoms with Crippen molar-refractivity contribution in [1.29, 1.82) is 0 Å². The standard InChI is InChI=1S/C12H23NO3/c1-4-16-12(14)7-9(2)13-10-5-6-11(8-10)15-3/h9-11,13H,4-8H2,1-3H3. The third-order valence-electron chi connectivity index (χ3n) is 3.02. The zero-order valence-corrected chi connectivity index (χ0v) is 10.5. The largest absolute Gasteiger partial charge is 0.466 e. The number of rotatable bonds is 6. The van der Waals surface area contributed by atoms with Crippen LogP contribution in [0, 0.1) is 0 Å². The van der Waals surface area contributed by atoms with Gasteiger partial charge in [-0.15, -0.1) is 0 Å². The maximum atomic E-state index is 11.3. The van der Waals surface area contributed by atoms with Crippen LogP contribution in [-0.4, -0.2) is 37.9 Å². The normalized spacial score (nSPS) is 26.7. The van der Waals surface area contributed by atoms with Crippen molar-refractivity contribution < 1.29 is 14.3 Å². The predicted molar refractivity (Wildman–Crippen MR) is 62.3 cm³/mol. The van der Waals surface area contributed by atoms with Gasteiger partial charge in [-0.2, -0.15) is 0 Å². The molecule has 3 atom stereocenters. The lowest BCUT2D eigenvalue weighted by molar-refractivity contribution is -0.143. The third-order valence-corrected chi connectivity index (χ3v) is 3.02. The molecule has 1 saturated carbocycles. The molecule has 1 N–H and O–H groups in total. The molecule has 1 aliphatic carbocycles. The van der Waals surface area contributed by atoms with Gasteiger partial charge in [0.05, 0.1) is 19.1 Å². The van der Waals surface area contributed by atoms with Crippen LogP contribution in [-0.2, 0) is 14.3 Å². The van der Waals surface area contributed by atoms with Crippen LogP contribution in [0.2, 0.25) is 0 Å². The maximum Gasteiger partial charge on any atom is 0.307 e. The number of carbonyl (C=O) groups is 1. The summed E-state index contributed by atoms with van der Waals surface area (Å²) in [5.41, 5.74) is 0. The summed E-state index contributed by atoms with van der Waals surface area (Å²) >= 11 is 0. The summed E-state index contributed by atoms with van der Waals surface area (Å²) < 4.78 is 10.2. The van der Waals surface area contributed by atoms with Gasteiger partial charge in [-0.05, 0) is 33.1 Å². The summed E-state index contributed by atoms with van der Waals surface area (Å²) in [4.78, 5) is 11.3. The van der Waals surface area contributed by atoms with Crippen LogP contribution in [0.3, 0.4) is 0 Å². The summed E-state index contributed by atoms with van der Waals surface area (Å²) in [6.07, 6.45) is 4.12. The van der Waals surface area contributed by atoms with E-state index in [2.05, 4.69) is 5.32 Å². The second-order valence-electron chi connectivity index (χ2n) is 4.44. The lowest BCUT2D eigenvalue weighted by atomic mass is 10.1. The van der Waals surface area contributed by atoms with Gasteiger partial charge in [0.2, 0.25) is 0 Å². The van der Waals surface area contributed by atoms with E-state index in [4.69, 9.17) is 9.47 Å². The first kappa shape index (κ1) is 13.5. The van der Waals surface area contributed by atoms with Crippen molar-refractivity contribution in [2.75, 3.05) is 13.7 Å². The fourth-order valence-electron chi connectivity index (χ4n) is 2.24. The fraction of sp³-hybridized carbons (Fsp3) is 0.917. The Labute approximate surface area is 97.7 Å². The van der Waals surface area contributed by atoms with Gasteiger partial charge in [-0.1, -0.05) is 0 Å². The van der Waals surface area contributed by atoms with Gasteiger partial charge in [0.25, 0.3) is 0 Å². The minimum Gasteiger partial charge on any atom is -0.466 e. The van der Waals surface area contributed by atoms with Crippen molar-refractivity contribution in [3.63, 3.8) is 0 Å². The van der Waals surface area contributed by atoms with Crippen LogP contribution in [0.25, 0.3) is 0 Å². The van der Waals surface area contributed by atoms with E-state index in [-0.39, 0.29) is 12.0 Å². The Morgan fingerprint density at radius 2 is 2.25 bits per heavy atom. The van der Waals surface area contributed by atoms with E-state index in [1.165, 1.54) is 0 Å². The van der Waals surface area contributed by atoms with Gasteiger partial charge in [0.15, 0.2) is 0 Å². The van der Waals surface area contributed by atoms with Crippen LogP contribution < -0.4 is 5.32 Å². The van der Waals surface area contributed by atoms with Gasteiger partial charge in [0.1, 0.15) is 0 Å². The molecule has 0 bridgehead atoms. The Balaban J connectivity index is 2.19. The number of carbonyl (C=O) groups excluding carboxylic acids is 1. The first-order valence-electron chi connectivity index (χ1n) is 6.10. The molecule has 4 heteroatoms. The highest BCUT2D eigenvalue weighted by molar-refractivity contribution is 5.70. The third kappa shape index (κ3) is 4.49. The molecule has 3 unspecified atom stereocenters. The monoisotopic (exact) mass is 229 g/mol. The number of hydrogen-bond acceptors (Lipinski definition) is 4.